The molecule has 1 atom stereocenters. The van der Waals surface area contributed by atoms with Crippen LogP contribution in [0.2, 0.25) is 10.0 Å². The summed E-state index contributed by atoms with van der Waals surface area (Å²) in [6, 6.07) is 12.4. The van der Waals surface area contributed by atoms with Crippen molar-refractivity contribution in [2.45, 2.75) is 46.2 Å². The number of carbonyl (C=O) groups excluding carboxylic acids is 2. The molecular weight excluding hydrogens is 395 g/mol. The molecule has 0 aliphatic rings. The third-order valence-corrected chi connectivity index (χ3v) is 5.25. The summed E-state index contributed by atoms with van der Waals surface area (Å²) in [6.45, 7) is 6.43. The molecule has 0 unspecified atom stereocenters. The lowest BCUT2D eigenvalue weighted by Gasteiger charge is -2.29. The lowest BCUT2D eigenvalue weighted by Crippen LogP contribution is -2.48. The molecule has 0 aliphatic carbocycles. The van der Waals surface area contributed by atoms with E-state index in [0.29, 0.717) is 22.2 Å². The van der Waals surface area contributed by atoms with Crippen LogP contribution in [0.25, 0.3) is 0 Å². The zero-order valence-corrected chi connectivity index (χ0v) is 18.0. The Morgan fingerprint density at radius 1 is 1.11 bits per heavy atom. The Morgan fingerprint density at radius 3 is 2.36 bits per heavy atom. The van der Waals surface area contributed by atoms with E-state index in [1.165, 1.54) is 0 Å². The standard InChI is InChI=1S/C22H26Cl2N2O2/c1-4-11-25-22(28)16(3)26(14-18-19(23)9-6-10-20(18)24)21(27)13-17-8-5-7-15(2)12-17/h5-10,12,16H,4,11,13-14H2,1-3H3,(H,25,28)/t16-/m0/s1. The number of halogens is 2. The van der Waals surface area contributed by atoms with Crippen molar-refractivity contribution in [2.75, 3.05) is 6.54 Å². The summed E-state index contributed by atoms with van der Waals surface area (Å²) in [4.78, 5) is 27.2. The highest BCUT2D eigenvalue weighted by molar-refractivity contribution is 6.36. The summed E-state index contributed by atoms with van der Waals surface area (Å²) in [5.41, 5.74) is 2.62. The highest BCUT2D eigenvalue weighted by atomic mass is 35.5. The molecule has 2 amide bonds. The SMILES string of the molecule is CCCNC(=O)[C@H](C)N(Cc1c(Cl)cccc1Cl)C(=O)Cc1cccc(C)c1. The third-order valence-electron chi connectivity index (χ3n) is 4.54. The summed E-state index contributed by atoms with van der Waals surface area (Å²) in [5.74, 6) is -0.344. The first-order chi connectivity index (χ1) is 13.3. The first-order valence-corrected chi connectivity index (χ1v) is 10.1. The maximum absolute atomic E-state index is 13.1. The Hall–Kier alpha value is -2.04. The molecule has 0 bridgehead atoms. The van der Waals surface area contributed by atoms with Crippen molar-refractivity contribution in [2.24, 2.45) is 0 Å². The topological polar surface area (TPSA) is 49.4 Å². The van der Waals surface area contributed by atoms with E-state index in [9.17, 15) is 9.59 Å². The van der Waals surface area contributed by atoms with Gasteiger partial charge in [-0.25, -0.2) is 0 Å². The van der Waals surface area contributed by atoms with Gasteiger partial charge in [0.05, 0.1) is 6.42 Å². The normalized spacial score (nSPS) is 11.8. The number of nitrogens with one attached hydrogen (secondary N) is 1. The van der Waals surface area contributed by atoms with Crippen molar-refractivity contribution in [1.29, 1.82) is 0 Å². The number of hydrogen-bond acceptors (Lipinski definition) is 2. The van der Waals surface area contributed by atoms with Gasteiger partial charge in [-0.1, -0.05) is 66.0 Å². The fraction of sp³-hybridized carbons (Fsp3) is 0.364. The second-order valence-electron chi connectivity index (χ2n) is 6.85. The number of aryl methyl sites for hydroxylation is 1. The van der Waals surface area contributed by atoms with E-state index in [1.807, 2.05) is 38.1 Å². The predicted octanol–water partition coefficient (Wildman–Crippen LogP) is 4.79. The second-order valence-corrected chi connectivity index (χ2v) is 7.67. The van der Waals surface area contributed by atoms with Gasteiger partial charge in [0.2, 0.25) is 11.8 Å². The predicted molar refractivity (Wildman–Crippen MR) is 115 cm³/mol. The third kappa shape index (κ3) is 5.98. The van der Waals surface area contributed by atoms with Gasteiger partial charge >= 0.3 is 0 Å². The first kappa shape index (κ1) is 22.3. The molecule has 4 nitrogen and oxygen atoms in total. The van der Waals surface area contributed by atoms with Crippen LogP contribution in [0.3, 0.4) is 0 Å². The average Bonchev–Trinajstić information content (AvgIpc) is 2.65. The molecule has 0 radical (unpaired) electrons. The van der Waals surface area contributed by atoms with Crippen LogP contribution < -0.4 is 5.32 Å². The van der Waals surface area contributed by atoms with Crippen LogP contribution in [0, 0.1) is 6.92 Å². The van der Waals surface area contributed by atoms with Crippen LogP contribution in [-0.4, -0.2) is 29.3 Å². The summed E-state index contributed by atoms with van der Waals surface area (Å²) in [6.07, 6.45) is 1.03. The summed E-state index contributed by atoms with van der Waals surface area (Å²) < 4.78 is 0. The van der Waals surface area contributed by atoms with Gasteiger partial charge in [0.1, 0.15) is 6.04 Å². The van der Waals surface area contributed by atoms with Gasteiger partial charge in [0.25, 0.3) is 0 Å². The van der Waals surface area contributed by atoms with Crippen LogP contribution in [0.1, 0.15) is 37.0 Å². The molecular formula is C22H26Cl2N2O2. The van der Waals surface area contributed by atoms with E-state index < -0.39 is 6.04 Å². The van der Waals surface area contributed by atoms with Crippen LogP contribution in [-0.2, 0) is 22.6 Å². The van der Waals surface area contributed by atoms with Crippen molar-refractivity contribution >= 4 is 35.0 Å². The fourth-order valence-corrected chi connectivity index (χ4v) is 3.45. The zero-order chi connectivity index (χ0) is 20.7. The average molecular weight is 421 g/mol. The summed E-state index contributed by atoms with van der Waals surface area (Å²) in [5, 5.41) is 3.80. The van der Waals surface area contributed by atoms with E-state index >= 15 is 0 Å². The molecule has 0 fully saturated rings. The zero-order valence-electron chi connectivity index (χ0n) is 16.5. The van der Waals surface area contributed by atoms with E-state index in [4.69, 9.17) is 23.2 Å². The summed E-state index contributed by atoms with van der Waals surface area (Å²) in [7, 11) is 0. The Morgan fingerprint density at radius 2 is 1.75 bits per heavy atom. The van der Waals surface area contributed by atoms with Gasteiger partial charge in [0.15, 0.2) is 0 Å². The second kappa shape index (κ2) is 10.5. The summed E-state index contributed by atoms with van der Waals surface area (Å²) >= 11 is 12.6. The Bertz CT molecular complexity index is 819. The van der Waals surface area contributed by atoms with Crippen LogP contribution in [0.15, 0.2) is 42.5 Å². The molecule has 2 aromatic rings. The molecule has 1 N–H and O–H groups in total. The molecule has 2 rings (SSSR count). The fourth-order valence-electron chi connectivity index (χ4n) is 2.93. The molecule has 28 heavy (non-hydrogen) atoms. The molecule has 0 aromatic heterocycles. The van der Waals surface area contributed by atoms with E-state index in [1.54, 1.807) is 30.0 Å². The maximum Gasteiger partial charge on any atom is 0.242 e. The first-order valence-electron chi connectivity index (χ1n) is 9.39. The lowest BCUT2D eigenvalue weighted by molar-refractivity contribution is -0.140. The van der Waals surface area contributed by atoms with E-state index in [0.717, 1.165) is 17.5 Å². The molecule has 2 aromatic carbocycles. The van der Waals surface area contributed by atoms with Crippen LogP contribution in [0.4, 0.5) is 0 Å². The number of benzene rings is 2. The number of carbonyl (C=O) groups is 2. The molecule has 0 saturated carbocycles. The smallest absolute Gasteiger partial charge is 0.242 e. The molecule has 0 heterocycles. The number of hydrogen-bond donors (Lipinski definition) is 1. The highest BCUT2D eigenvalue weighted by Gasteiger charge is 2.27. The lowest BCUT2D eigenvalue weighted by atomic mass is 10.1. The largest absolute Gasteiger partial charge is 0.354 e. The minimum absolute atomic E-state index is 0.152. The Kier molecular flexibility index (Phi) is 8.34. The Labute approximate surface area is 176 Å². The quantitative estimate of drug-likeness (QED) is 0.667. The molecule has 0 spiro atoms. The maximum atomic E-state index is 13.1. The minimum Gasteiger partial charge on any atom is -0.354 e. The molecule has 6 heteroatoms. The molecule has 150 valence electrons. The van der Waals surface area contributed by atoms with Crippen molar-refractivity contribution in [3.63, 3.8) is 0 Å². The van der Waals surface area contributed by atoms with Crippen LogP contribution in [0.5, 0.6) is 0 Å². The Balaban J connectivity index is 2.29. The highest BCUT2D eigenvalue weighted by Crippen LogP contribution is 2.27. The van der Waals surface area contributed by atoms with Gasteiger partial charge in [0, 0.05) is 28.7 Å². The van der Waals surface area contributed by atoms with Crippen molar-refractivity contribution in [3.8, 4) is 0 Å². The number of rotatable bonds is 8. The van der Waals surface area contributed by atoms with Gasteiger partial charge in [-0.3, -0.25) is 9.59 Å². The molecule has 0 saturated heterocycles. The molecule has 0 aliphatic heterocycles. The monoisotopic (exact) mass is 420 g/mol. The van der Waals surface area contributed by atoms with E-state index in [2.05, 4.69) is 5.32 Å². The van der Waals surface area contributed by atoms with Gasteiger partial charge in [-0.2, -0.15) is 0 Å². The number of amides is 2. The van der Waals surface area contributed by atoms with Crippen molar-refractivity contribution in [1.82, 2.24) is 10.2 Å². The van der Waals surface area contributed by atoms with Gasteiger partial charge in [-0.15, -0.1) is 0 Å². The van der Waals surface area contributed by atoms with Crippen molar-refractivity contribution < 1.29 is 9.59 Å². The minimum atomic E-state index is -0.642. The van der Waals surface area contributed by atoms with Gasteiger partial charge < -0.3 is 10.2 Å². The van der Waals surface area contributed by atoms with Crippen molar-refractivity contribution in [3.05, 3.63) is 69.2 Å². The van der Waals surface area contributed by atoms with E-state index in [-0.39, 0.29) is 24.8 Å². The van der Waals surface area contributed by atoms with Gasteiger partial charge in [-0.05, 0) is 38.0 Å². The number of nitrogens with zero attached hydrogens (tertiary/aromatic N) is 1. The van der Waals surface area contributed by atoms with Crippen LogP contribution >= 0.6 is 23.2 Å².